The van der Waals surface area contributed by atoms with Crippen molar-refractivity contribution in [3.63, 3.8) is 0 Å². The van der Waals surface area contributed by atoms with Gasteiger partial charge in [0.15, 0.2) is 9.84 Å². The molecule has 1 saturated heterocycles. The predicted octanol–water partition coefficient (Wildman–Crippen LogP) is 2.23. The highest BCUT2D eigenvalue weighted by Gasteiger charge is 2.30. The Hall–Kier alpha value is -1.07. The van der Waals surface area contributed by atoms with Crippen LogP contribution in [0.15, 0.2) is 18.2 Å². The maximum Gasteiger partial charge on any atom is 0.154 e. The Morgan fingerprint density at radius 2 is 2.20 bits per heavy atom. The summed E-state index contributed by atoms with van der Waals surface area (Å²) in [6.45, 7) is 7.05. The van der Waals surface area contributed by atoms with Crippen molar-refractivity contribution in [2.45, 2.75) is 39.3 Å². The number of rotatable bonds is 5. The van der Waals surface area contributed by atoms with Crippen LogP contribution >= 0.6 is 0 Å². The molecule has 0 aliphatic carbocycles. The molecule has 4 nitrogen and oxygen atoms in total. The molecular weight excluding hydrogens is 274 g/mol. The van der Waals surface area contributed by atoms with Crippen molar-refractivity contribution in [3.8, 4) is 5.75 Å². The summed E-state index contributed by atoms with van der Waals surface area (Å²) in [6, 6.07) is 6.30. The van der Waals surface area contributed by atoms with E-state index in [1.807, 2.05) is 13.0 Å². The number of ether oxygens (including phenoxy) is 1. The highest BCUT2D eigenvalue weighted by molar-refractivity contribution is 7.91. The van der Waals surface area contributed by atoms with Crippen molar-refractivity contribution in [2.24, 2.45) is 0 Å². The molecule has 1 aromatic carbocycles. The Balaban J connectivity index is 2.19. The molecule has 2 atom stereocenters. The van der Waals surface area contributed by atoms with Gasteiger partial charge in [-0.15, -0.1) is 0 Å². The lowest BCUT2D eigenvalue weighted by Gasteiger charge is -2.20. The Kier molecular flexibility index (Phi) is 4.70. The molecule has 5 heteroatoms. The van der Waals surface area contributed by atoms with Crippen molar-refractivity contribution < 1.29 is 13.2 Å². The zero-order chi connectivity index (χ0) is 14.8. The molecule has 1 fully saturated rings. The first kappa shape index (κ1) is 15.3. The lowest BCUT2D eigenvalue weighted by molar-refractivity contribution is 0.225. The van der Waals surface area contributed by atoms with Crippen LogP contribution in [-0.2, 0) is 9.84 Å². The molecule has 0 bridgehead atoms. The highest BCUT2D eigenvalue weighted by atomic mass is 32.2. The standard InChI is InChI=1S/C15H23NO3S/c1-4-16-12(3)14-6-5-11(2)9-15(14)19-13-7-8-20(17,18)10-13/h5-6,9,12-13,16H,4,7-8,10H2,1-3H3. The molecule has 0 saturated carbocycles. The van der Waals surface area contributed by atoms with E-state index in [4.69, 9.17) is 4.74 Å². The molecule has 20 heavy (non-hydrogen) atoms. The summed E-state index contributed by atoms with van der Waals surface area (Å²) in [5, 5.41) is 3.36. The third-order valence-electron chi connectivity index (χ3n) is 3.63. The Morgan fingerprint density at radius 3 is 2.80 bits per heavy atom. The number of nitrogens with one attached hydrogen (secondary N) is 1. The van der Waals surface area contributed by atoms with Gasteiger partial charge in [-0.1, -0.05) is 19.1 Å². The monoisotopic (exact) mass is 297 g/mol. The first-order chi connectivity index (χ1) is 9.41. The van der Waals surface area contributed by atoms with Crippen LogP contribution in [0.5, 0.6) is 5.75 Å². The second-order valence-corrected chi connectivity index (χ2v) is 7.69. The Bertz CT molecular complexity index is 568. The number of sulfone groups is 1. The second-order valence-electron chi connectivity index (χ2n) is 5.46. The van der Waals surface area contributed by atoms with Crippen LogP contribution in [-0.4, -0.2) is 32.6 Å². The molecule has 1 aliphatic heterocycles. The van der Waals surface area contributed by atoms with Gasteiger partial charge in [0.25, 0.3) is 0 Å². The van der Waals surface area contributed by atoms with Gasteiger partial charge in [-0.05, 0) is 38.4 Å². The van der Waals surface area contributed by atoms with Gasteiger partial charge >= 0.3 is 0 Å². The molecule has 0 aromatic heterocycles. The fourth-order valence-corrected chi connectivity index (χ4v) is 4.14. The summed E-state index contributed by atoms with van der Waals surface area (Å²) >= 11 is 0. The topological polar surface area (TPSA) is 55.4 Å². The number of hydrogen-bond acceptors (Lipinski definition) is 4. The maximum absolute atomic E-state index is 11.5. The molecular formula is C15H23NO3S. The zero-order valence-corrected chi connectivity index (χ0v) is 13.2. The molecule has 112 valence electrons. The van der Waals surface area contributed by atoms with Crippen molar-refractivity contribution in [2.75, 3.05) is 18.1 Å². The van der Waals surface area contributed by atoms with E-state index in [0.29, 0.717) is 6.42 Å². The van der Waals surface area contributed by atoms with E-state index in [-0.39, 0.29) is 23.7 Å². The van der Waals surface area contributed by atoms with E-state index in [1.54, 1.807) is 0 Å². The number of benzene rings is 1. The Morgan fingerprint density at radius 1 is 1.45 bits per heavy atom. The molecule has 1 heterocycles. The van der Waals surface area contributed by atoms with Crippen LogP contribution in [0.25, 0.3) is 0 Å². The van der Waals surface area contributed by atoms with Crippen molar-refractivity contribution in [1.82, 2.24) is 5.32 Å². The molecule has 2 rings (SSSR count). The molecule has 0 spiro atoms. The van der Waals surface area contributed by atoms with Gasteiger partial charge in [-0.2, -0.15) is 0 Å². The van der Waals surface area contributed by atoms with Crippen LogP contribution < -0.4 is 10.1 Å². The molecule has 2 unspecified atom stereocenters. The quantitative estimate of drug-likeness (QED) is 0.905. The molecule has 0 amide bonds. The van der Waals surface area contributed by atoms with Crippen LogP contribution in [0.1, 0.15) is 37.4 Å². The summed E-state index contributed by atoms with van der Waals surface area (Å²) in [6.07, 6.45) is 0.375. The van der Waals surface area contributed by atoms with Crippen LogP contribution in [0, 0.1) is 6.92 Å². The molecule has 1 aliphatic rings. The summed E-state index contributed by atoms with van der Waals surface area (Å²) in [5.74, 6) is 1.18. The fourth-order valence-electron chi connectivity index (χ4n) is 2.55. The summed E-state index contributed by atoms with van der Waals surface area (Å²) in [7, 11) is -2.91. The normalized spacial score (nSPS) is 22.6. The predicted molar refractivity (Wildman–Crippen MR) is 81.0 cm³/mol. The van der Waals surface area contributed by atoms with Gasteiger partial charge in [0.1, 0.15) is 11.9 Å². The smallest absolute Gasteiger partial charge is 0.154 e. The lowest BCUT2D eigenvalue weighted by Crippen LogP contribution is -2.22. The van der Waals surface area contributed by atoms with E-state index >= 15 is 0 Å². The first-order valence-electron chi connectivity index (χ1n) is 7.12. The lowest BCUT2D eigenvalue weighted by atomic mass is 10.0. The molecule has 1 N–H and O–H groups in total. The maximum atomic E-state index is 11.5. The largest absolute Gasteiger partial charge is 0.489 e. The van der Waals surface area contributed by atoms with Crippen LogP contribution in [0.4, 0.5) is 0 Å². The number of aryl methyl sites for hydroxylation is 1. The minimum absolute atomic E-state index is 0.135. The second kappa shape index (κ2) is 6.14. The van der Waals surface area contributed by atoms with Gasteiger partial charge in [0.2, 0.25) is 0 Å². The van der Waals surface area contributed by atoms with E-state index in [2.05, 4.69) is 31.3 Å². The fraction of sp³-hybridized carbons (Fsp3) is 0.600. The van der Waals surface area contributed by atoms with Gasteiger partial charge in [-0.25, -0.2) is 8.42 Å². The van der Waals surface area contributed by atoms with Gasteiger partial charge in [0, 0.05) is 11.6 Å². The van der Waals surface area contributed by atoms with Gasteiger partial charge in [-0.3, -0.25) is 0 Å². The highest BCUT2D eigenvalue weighted by Crippen LogP contribution is 2.29. The summed E-state index contributed by atoms with van der Waals surface area (Å²) in [5.41, 5.74) is 2.20. The van der Waals surface area contributed by atoms with E-state index in [0.717, 1.165) is 23.4 Å². The zero-order valence-electron chi connectivity index (χ0n) is 12.3. The average molecular weight is 297 g/mol. The van der Waals surface area contributed by atoms with Crippen molar-refractivity contribution in [3.05, 3.63) is 29.3 Å². The number of hydrogen-bond donors (Lipinski definition) is 1. The van der Waals surface area contributed by atoms with Crippen LogP contribution in [0.3, 0.4) is 0 Å². The average Bonchev–Trinajstić information content (AvgIpc) is 2.69. The van der Waals surface area contributed by atoms with Gasteiger partial charge in [0.05, 0.1) is 11.5 Å². The Labute approximate surface area is 121 Å². The van der Waals surface area contributed by atoms with Crippen molar-refractivity contribution in [1.29, 1.82) is 0 Å². The minimum Gasteiger partial charge on any atom is -0.489 e. The summed E-state index contributed by atoms with van der Waals surface area (Å²) < 4.78 is 29.0. The van der Waals surface area contributed by atoms with Crippen LogP contribution in [0.2, 0.25) is 0 Å². The third kappa shape index (κ3) is 3.73. The first-order valence-corrected chi connectivity index (χ1v) is 8.94. The summed E-state index contributed by atoms with van der Waals surface area (Å²) in [4.78, 5) is 0. The van der Waals surface area contributed by atoms with E-state index < -0.39 is 9.84 Å². The van der Waals surface area contributed by atoms with Crippen molar-refractivity contribution >= 4 is 9.84 Å². The van der Waals surface area contributed by atoms with E-state index in [9.17, 15) is 8.42 Å². The van der Waals surface area contributed by atoms with E-state index in [1.165, 1.54) is 0 Å². The molecule has 0 radical (unpaired) electrons. The minimum atomic E-state index is -2.91. The molecule has 1 aromatic rings. The third-order valence-corrected chi connectivity index (χ3v) is 5.37. The van der Waals surface area contributed by atoms with Gasteiger partial charge < -0.3 is 10.1 Å². The SMILES string of the molecule is CCNC(C)c1ccc(C)cc1OC1CCS(=O)(=O)C1.